The van der Waals surface area contributed by atoms with E-state index < -0.39 is 0 Å². The third-order valence-corrected chi connectivity index (χ3v) is 3.08. The van der Waals surface area contributed by atoms with Crippen molar-refractivity contribution >= 4 is 23.2 Å². The highest BCUT2D eigenvalue weighted by Gasteiger charge is 2.24. The molecule has 2 N–H and O–H groups in total. The summed E-state index contributed by atoms with van der Waals surface area (Å²) in [7, 11) is 0. The Morgan fingerprint density at radius 2 is 2.33 bits per heavy atom. The normalized spacial score (nSPS) is 19.5. The molecule has 4 heteroatoms. The van der Waals surface area contributed by atoms with Crippen molar-refractivity contribution in [2.45, 2.75) is 19.4 Å². The molecular formula is C11H13ClN2O. The fraction of sp³-hybridized carbons (Fsp3) is 0.364. The minimum absolute atomic E-state index is 0.0200. The van der Waals surface area contributed by atoms with Gasteiger partial charge in [0.15, 0.2) is 0 Å². The quantitative estimate of drug-likeness (QED) is 0.806. The second-order valence-electron chi connectivity index (χ2n) is 3.70. The molecule has 0 aliphatic carbocycles. The van der Waals surface area contributed by atoms with Crippen molar-refractivity contribution in [2.75, 3.05) is 11.9 Å². The Kier molecular flexibility index (Phi) is 2.93. The lowest BCUT2D eigenvalue weighted by atomic mass is 10.1. The molecule has 0 spiro atoms. The highest BCUT2D eigenvalue weighted by molar-refractivity contribution is 6.31. The molecule has 0 aromatic heterocycles. The zero-order chi connectivity index (χ0) is 10.8. The summed E-state index contributed by atoms with van der Waals surface area (Å²) in [5, 5.41) is 6.60. The lowest BCUT2D eigenvalue weighted by Gasteiger charge is -2.26. The topological polar surface area (TPSA) is 41.1 Å². The molecule has 0 bridgehead atoms. The predicted octanol–water partition coefficient (Wildman–Crippen LogP) is 1.95. The van der Waals surface area contributed by atoms with Crippen LogP contribution < -0.4 is 10.6 Å². The number of hydrogen-bond acceptors (Lipinski definition) is 2. The average molecular weight is 225 g/mol. The molecule has 0 radical (unpaired) electrons. The molecule has 2 rings (SSSR count). The molecule has 1 saturated heterocycles. The van der Waals surface area contributed by atoms with Gasteiger partial charge in [-0.25, -0.2) is 0 Å². The van der Waals surface area contributed by atoms with Crippen molar-refractivity contribution in [2.24, 2.45) is 0 Å². The molecule has 1 heterocycles. The van der Waals surface area contributed by atoms with E-state index in [9.17, 15) is 4.79 Å². The number of nitrogens with one attached hydrogen (secondary N) is 2. The van der Waals surface area contributed by atoms with E-state index in [1.807, 2.05) is 25.1 Å². The van der Waals surface area contributed by atoms with Crippen LogP contribution in [0.25, 0.3) is 0 Å². The Bertz CT molecular complexity index is 388. The van der Waals surface area contributed by atoms with Crippen molar-refractivity contribution < 1.29 is 4.79 Å². The van der Waals surface area contributed by atoms with Crippen LogP contribution >= 0.6 is 11.6 Å². The number of benzene rings is 1. The van der Waals surface area contributed by atoms with Gasteiger partial charge in [0, 0.05) is 10.7 Å². The number of carbonyl (C=O) groups excluding carboxylic acids is 1. The Balaban J connectivity index is 2.09. The van der Waals surface area contributed by atoms with Crippen LogP contribution in [0.1, 0.15) is 12.0 Å². The summed E-state index contributed by atoms with van der Waals surface area (Å²) >= 11 is 5.96. The second-order valence-corrected chi connectivity index (χ2v) is 4.10. The van der Waals surface area contributed by atoms with Crippen LogP contribution in [-0.4, -0.2) is 18.5 Å². The number of carbonyl (C=O) groups is 1. The van der Waals surface area contributed by atoms with Crippen LogP contribution in [0.3, 0.4) is 0 Å². The summed E-state index contributed by atoms with van der Waals surface area (Å²) in [6.07, 6.45) is 0.908. The van der Waals surface area contributed by atoms with Gasteiger partial charge in [-0.3, -0.25) is 4.79 Å². The number of anilines is 1. The van der Waals surface area contributed by atoms with Gasteiger partial charge in [-0.1, -0.05) is 17.7 Å². The predicted molar refractivity (Wildman–Crippen MR) is 61.2 cm³/mol. The van der Waals surface area contributed by atoms with E-state index in [0.29, 0.717) is 5.02 Å². The van der Waals surface area contributed by atoms with Gasteiger partial charge in [-0.2, -0.15) is 0 Å². The molecular weight excluding hydrogens is 212 g/mol. The van der Waals surface area contributed by atoms with Gasteiger partial charge < -0.3 is 10.6 Å². The molecule has 1 aromatic carbocycles. The number of halogens is 1. The molecule has 1 aliphatic rings. The van der Waals surface area contributed by atoms with Crippen LogP contribution in [0, 0.1) is 6.92 Å². The molecule has 1 aliphatic heterocycles. The summed E-state index contributed by atoms with van der Waals surface area (Å²) in [6.45, 7) is 2.82. The summed E-state index contributed by atoms with van der Waals surface area (Å²) in [5.74, 6) is 0.0200. The molecule has 0 saturated carbocycles. The maximum absolute atomic E-state index is 11.6. The highest BCUT2D eigenvalue weighted by atomic mass is 35.5. The van der Waals surface area contributed by atoms with Gasteiger partial charge in [0.05, 0.1) is 6.04 Å². The maximum Gasteiger partial charge on any atom is 0.241 e. The van der Waals surface area contributed by atoms with E-state index in [2.05, 4.69) is 10.6 Å². The summed E-state index contributed by atoms with van der Waals surface area (Å²) in [5.41, 5.74) is 1.70. The van der Waals surface area contributed by atoms with Crippen molar-refractivity contribution in [1.29, 1.82) is 0 Å². The van der Waals surface area contributed by atoms with E-state index in [0.717, 1.165) is 24.2 Å². The molecule has 1 amide bonds. The number of rotatable bonds is 2. The van der Waals surface area contributed by atoms with E-state index in [-0.39, 0.29) is 11.9 Å². The standard InChI is InChI=1S/C11H13ClN2O/c1-7-8(12)3-2-4-9(7)14-11(15)10-5-6-13-10/h2-4,10,13H,5-6H2,1H3,(H,14,15)/t10-/m1/s1. The summed E-state index contributed by atoms with van der Waals surface area (Å²) in [4.78, 5) is 11.6. The Morgan fingerprint density at radius 3 is 2.93 bits per heavy atom. The minimum Gasteiger partial charge on any atom is -0.324 e. The van der Waals surface area contributed by atoms with Gasteiger partial charge in [-0.15, -0.1) is 0 Å². The lowest BCUT2D eigenvalue weighted by Crippen LogP contribution is -2.50. The van der Waals surface area contributed by atoms with Gasteiger partial charge in [0.2, 0.25) is 5.91 Å². The fourth-order valence-corrected chi connectivity index (χ4v) is 1.65. The summed E-state index contributed by atoms with van der Waals surface area (Å²) < 4.78 is 0. The number of hydrogen-bond donors (Lipinski definition) is 2. The first-order valence-electron chi connectivity index (χ1n) is 4.98. The van der Waals surface area contributed by atoms with Crippen LogP contribution in [0.4, 0.5) is 5.69 Å². The van der Waals surface area contributed by atoms with Gasteiger partial charge in [0.1, 0.15) is 0 Å². The van der Waals surface area contributed by atoms with Gasteiger partial charge in [-0.05, 0) is 37.6 Å². The molecule has 1 fully saturated rings. The van der Waals surface area contributed by atoms with Crippen LogP contribution in [0.5, 0.6) is 0 Å². The molecule has 80 valence electrons. The fourth-order valence-electron chi connectivity index (χ4n) is 1.48. The molecule has 1 atom stereocenters. The third-order valence-electron chi connectivity index (χ3n) is 2.67. The first kappa shape index (κ1) is 10.5. The van der Waals surface area contributed by atoms with E-state index in [4.69, 9.17) is 11.6 Å². The SMILES string of the molecule is Cc1c(Cl)cccc1NC(=O)[C@H]1CCN1. The van der Waals surface area contributed by atoms with Crippen LogP contribution in [-0.2, 0) is 4.79 Å². The first-order chi connectivity index (χ1) is 7.18. The monoisotopic (exact) mass is 224 g/mol. The molecule has 3 nitrogen and oxygen atoms in total. The Hall–Kier alpha value is -1.06. The van der Waals surface area contributed by atoms with Crippen LogP contribution in [0.15, 0.2) is 18.2 Å². The molecule has 15 heavy (non-hydrogen) atoms. The van der Waals surface area contributed by atoms with E-state index in [1.54, 1.807) is 0 Å². The van der Waals surface area contributed by atoms with Crippen LogP contribution in [0.2, 0.25) is 5.02 Å². The van der Waals surface area contributed by atoms with Crippen molar-refractivity contribution in [3.05, 3.63) is 28.8 Å². The van der Waals surface area contributed by atoms with E-state index >= 15 is 0 Å². The lowest BCUT2D eigenvalue weighted by molar-refractivity contribution is -0.119. The third kappa shape index (κ3) is 2.13. The van der Waals surface area contributed by atoms with Crippen molar-refractivity contribution in [3.8, 4) is 0 Å². The Morgan fingerprint density at radius 1 is 1.60 bits per heavy atom. The molecule has 0 unspecified atom stereocenters. The van der Waals surface area contributed by atoms with Gasteiger partial charge >= 0.3 is 0 Å². The highest BCUT2D eigenvalue weighted by Crippen LogP contribution is 2.23. The maximum atomic E-state index is 11.6. The first-order valence-corrected chi connectivity index (χ1v) is 5.35. The van der Waals surface area contributed by atoms with Crippen molar-refractivity contribution in [1.82, 2.24) is 5.32 Å². The van der Waals surface area contributed by atoms with Crippen molar-refractivity contribution in [3.63, 3.8) is 0 Å². The molecule has 1 aromatic rings. The largest absolute Gasteiger partial charge is 0.324 e. The average Bonchev–Trinajstić information content (AvgIpc) is 2.10. The second kappa shape index (κ2) is 4.21. The Labute approximate surface area is 93.8 Å². The van der Waals surface area contributed by atoms with E-state index in [1.165, 1.54) is 0 Å². The zero-order valence-corrected chi connectivity index (χ0v) is 9.27. The number of amides is 1. The summed E-state index contributed by atoms with van der Waals surface area (Å²) in [6, 6.07) is 5.47. The minimum atomic E-state index is -0.0385. The smallest absolute Gasteiger partial charge is 0.241 e. The zero-order valence-electron chi connectivity index (χ0n) is 8.51. The van der Waals surface area contributed by atoms with Gasteiger partial charge in [0.25, 0.3) is 0 Å².